The zero-order valence-corrected chi connectivity index (χ0v) is 42.4. The number of hydrogen-bond donors (Lipinski definition) is 3. The smallest absolute Gasteiger partial charge is 0.434 e. The van der Waals surface area contributed by atoms with Crippen LogP contribution in [0.4, 0.5) is 33.5 Å². The third-order valence-corrected chi connectivity index (χ3v) is 15.6. The first-order valence-corrected chi connectivity index (χ1v) is 25.8. The van der Waals surface area contributed by atoms with E-state index in [1.165, 1.54) is 40.9 Å². The van der Waals surface area contributed by atoms with Crippen molar-refractivity contribution in [1.82, 2.24) is 48.5 Å². The average molecular weight is 1050 g/mol. The van der Waals surface area contributed by atoms with Crippen LogP contribution in [-0.2, 0) is 27.5 Å². The van der Waals surface area contributed by atoms with Crippen molar-refractivity contribution in [3.05, 3.63) is 90.3 Å². The Morgan fingerprint density at radius 2 is 1.73 bits per heavy atom. The molecule has 1 unspecified atom stereocenters. The van der Waals surface area contributed by atoms with Crippen LogP contribution in [0.1, 0.15) is 95.0 Å². The summed E-state index contributed by atoms with van der Waals surface area (Å²) in [4.78, 5) is 47.1. The molecule has 5 aromatic heterocycles. The molecule has 9 rings (SSSR count). The van der Waals surface area contributed by atoms with E-state index < -0.39 is 56.0 Å². The predicted molar refractivity (Wildman–Crippen MR) is 264 cm³/mol. The molecule has 3 fully saturated rings. The van der Waals surface area contributed by atoms with Gasteiger partial charge in [-0.15, -0.1) is 0 Å². The van der Waals surface area contributed by atoms with Gasteiger partial charge in [0.15, 0.2) is 17.3 Å². The van der Waals surface area contributed by atoms with Crippen LogP contribution in [0.25, 0.3) is 28.3 Å². The van der Waals surface area contributed by atoms with Crippen LogP contribution in [0.5, 0.6) is 5.88 Å². The standard InChI is InChI=1S/C48H53F5N14O4S2/c1-26(2)65-23-35(48(51,52)53)60-44(65)31-9-7-29(8-10-31)21-64(36-13-16-56-43(61-36)38-39(30-11-12-30)58-25-59-46(38)71-6)24-37(68)67-27(3)19-63(20-28(67)4)33-17-32(73(69,70)62-47(5)14-15-47)22-66-34(33)18-57-45(66)42(55)72-41(54)40(49)50/h7-10,13,16-18,22-23,25-28,30,40,54-55,62H,11-12,14-15,19-21,24H2,1-6H3/p+1/t27-,28?/m0/s1. The number of nitrogens with two attached hydrogens (primary N) is 1. The highest BCUT2D eigenvalue weighted by Crippen LogP contribution is 2.45. The molecule has 1 aromatic carbocycles. The number of amides is 1. The molecule has 73 heavy (non-hydrogen) atoms. The van der Waals surface area contributed by atoms with Crippen LogP contribution in [0, 0.1) is 5.41 Å². The molecule has 2 atom stereocenters. The maximum atomic E-state index is 14.9. The van der Waals surface area contributed by atoms with Crippen LogP contribution >= 0.6 is 11.8 Å². The Hall–Kier alpha value is -6.60. The van der Waals surface area contributed by atoms with Crippen LogP contribution in [-0.4, -0.2) is 119 Å². The number of nitrogens with one attached hydrogen (secondary N) is 2. The number of pyridine rings is 1. The number of imidazole rings is 2. The van der Waals surface area contributed by atoms with Gasteiger partial charge in [0.25, 0.3) is 5.04 Å². The number of aromatic nitrogens is 8. The zero-order chi connectivity index (χ0) is 52.3. The molecular formula is C48H54F5N14O4S2+. The lowest BCUT2D eigenvalue weighted by molar-refractivity contribution is -0.141. The molecule has 6 heterocycles. The van der Waals surface area contributed by atoms with Gasteiger partial charge in [-0.3, -0.25) is 14.6 Å². The van der Waals surface area contributed by atoms with Crippen molar-refractivity contribution in [3.63, 3.8) is 0 Å². The molecule has 6 aromatic rings. The summed E-state index contributed by atoms with van der Waals surface area (Å²) in [6.07, 6.45) is 2.30. The fourth-order valence-corrected chi connectivity index (χ4v) is 11.2. The normalized spacial score (nSPS) is 17.9. The summed E-state index contributed by atoms with van der Waals surface area (Å²) in [7, 11) is -2.63. The number of hydrogen-bond acceptors (Lipinski definition) is 14. The van der Waals surface area contributed by atoms with Crippen LogP contribution < -0.4 is 24.7 Å². The number of alkyl halides is 5. The number of ether oxygens (including phenoxy) is 1. The first kappa shape index (κ1) is 51.3. The average Bonchev–Trinajstić information content (AvgIpc) is 4.22. The number of carbonyl (C=O) groups is 1. The number of sulfonamides is 1. The SMILES string of the molecule is COc1ncnc(C2CC2)c1-c1nccc(N(CC(=O)N2C(C)CN(c3cc(S(=O)(=O)NC4(C)CC4)cn4c(C(=N)SC(=[NH2+])C(F)F)ncc34)C[C@@H]2C)Cc2ccc(-c3nc(C(F)(F)F)cn3C(C)C)cc2)n1. The summed E-state index contributed by atoms with van der Waals surface area (Å²) in [5.41, 5.74) is 1.70. The minimum Gasteiger partial charge on any atom is -0.480 e. The zero-order valence-electron chi connectivity index (χ0n) is 40.7. The molecule has 25 heteroatoms. The van der Waals surface area contributed by atoms with E-state index in [4.69, 9.17) is 20.5 Å². The highest BCUT2D eigenvalue weighted by molar-refractivity contribution is 8.26. The summed E-state index contributed by atoms with van der Waals surface area (Å²) in [6, 6.07) is 8.91. The Labute approximate surface area is 421 Å². The summed E-state index contributed by atoms with van der Waals surface area (Å²) in [5, 5.41) is 12.9. The number of methoxy groups -OCH3 is 1. The van der Waals surface area contributed by atoms with E-state index in [-0.39, 0.29) is 60.6 Å². The molecule has 4 N–H and O–H groups in total. The second kappa shape index (κ2) is 19.7. The quantitative estimate of drug-likeness (QED) is 0.0546. The third kappa shape index (κ3) is 10.7. The topological polar surface area (TPSA) is 218 Å². The number of benzene rings is 1. The predicted octanol–water partition coefficient (Wildman–Crippen LogP) is 6.37. The van der Waals surface area contributed by atoms with E-state index in [9.17, 15) is 35.2 Å². The molecule has 0 bridgehead atoms. The molecule has 1 saturated heterocycles. The lowest BCUT2D eigenvalue weighted by atomic mass is 10.1. The van der Waals surface area contributed by atoms with E-state index in [0.29, 0.717) is 70.0 Å². The minimum absolute atomic E-state index is 0.0866. The fourth-order valence-electron chi connectivity index (χ4n) is 9.15. The van der Waals surface area contributed by atoms with Crippen molar-refractivity contribution in [2.45, 2.75) is 114 Å². The van der Waals surface area contributed by atoms with Crippen molar-refractivity contribution in [2.75, 3.05) is 36.5 Å². The second-order valence-corrected chi connectivity index (χ2v) is 22.0. The van der Waals surface area contributed by atoms with Crippen LogP contribution in [0.2, 0.25) is 0 Å². The van der Waals surface area contributed by atoms with Gasteiger partial charge in [-0.1, -0.05) is 24.3 Å². The molecule has 1 amide bonds. The van der Waals surface area contributed by atoms with Crippen LogP contribution in [0.15, 0.2) is 72.4 Å². The van der Waals surface area contributed by atoms with Gasteiger partial charge in [-0.05, 0) is 78.0 Å². The van der Waals surface area contributed by atoms with Crippen molar-refractivity contribution >= 4 is 54.8 Å². The van der Waals surface area contributed by atoms with Gasteiger partial charge in [-0.2, -0.15) is 22.0 Å². The summed E-state index contributed by atoms with van der Waals surface area (Å²) in [6.45, 7) is 9.53. The maximum Gasteiger partial charge on any atom is 0.434 e. The summed E-state index contributed by atoms with van der Waals surface area (Å²) in [5.74, 6) is 0.981. The van der Waals surface area contributed by atoms with Gasteiger partial charge in [0.1, 0.15) is 33.5 Å². The van der Waals surface area contributed by atoms with Gasteiger partial charge in [-0.25, -0.2) is 48.5 Å². The lowest BCUT2D eigenvalue weighted by Gasteiger charge is -2.46. The second-order valence-electron chi connectivity index (χ2n) is 19.3. The Morgan fingerprint density at radius 1 is 1.03 bits per heavy atom. The first-order chi connectivity index (χ1) is 34.5. The highest BCUT2D eigenvalue weighted by atomic mass is 32.2. The minimum atomic E-state index is -4.63. The van der Waals surface area contributed by atoms with Crippen LogP contribution in [0.3, 0.4) is 0 Å². The Balaban J connectivity index is 1.03. The number of piperazine rings is 1. The number of rotatable bonds is 16. The van der Waals surface area contributed by atoms with Gasteiger partial charge in [0.2, 0.25) is 21.8 Å². The number of thioether (sulfide) groups is 1. The monoisotopic (exact) mass is 1050 g/mol. The van der Waals surface area contributed by atoms with E-state index in [1.807, 2.05) is 18.7 Å². The Bertz CT molecular complexity index is 3200. The molecule has 386 valence electrons. The molecule has 1 aliphatic heterocycles. The molecule has 2 saturated carbocycles. The Kier molecular flexibility index (Phi) is 13.8. The number of halogens is 5. The van der Waals surface area contributed by atoms with Gasteiger partial charge in [0.05, 0.1) is 36.7 Å². The Morgan fingerprint density at radius 3 is 2.34 bits per heavy atom. The van der Waals surface area contributed by atoms with Crippen molar-refractivity contribution < 1.29 is 45.3 Å². The van der Waals surface area contributed by atoms with Gasteiger partial charge >= 0.3 is 12.6 Å². The largest absolute Gasteiger partial charge is 0.480 e. The van der Waals surface area contributed by atoms with E-state index in [1.54, 1.807) is 67.1 Å². The van der Waals surface area contributed by atoms with Gasteiger partial charge in [0, 0.05) is 85.1 Å². The highest BCUT2D eigenvalue weighted by Gasteiger charge is 2.42. The molecule has 2 aliphatic carbocycles. The number of fused-ring (bicyclic) bond motifs is 1. The van der Waals surface area contributed by atoms with Gasteiger partial charge < -0.3 is 24.0 Å². The molecule has 18 nitrogen and oxygen atoms in total. The fraction of sp³-hybridized carbons (Fsp3) is 0.438. The van der Waals surface area contributed by atoms with E-state index in [2.05, 4.69) is 29.6 Å². The number of nitrogens with zero attached hydrogens (tertiary/aromatic N) is 11. The number of carbonyl (C=O) groups excluding carboxylic acids is 1. The molecule has 0 spiro atoms. The lowest BCUT2D eigenvalue weighted by Crippen LogP contribution is -2.60. The third-order valence-electron chi connectivity index (χ3n) is 13.1. The molecule has 3 aliphatic rings. The van der Waals surface area contributed by atoms with Crippen molar-refractivity contribution in [2.24, 2.45) is 0 Å². The first-order valence-electron chi connectivity index (χ1n) is 23.5. The number of anilines is 2. The summed E-state index contributed by atoms with van der Waals surface area (Å²) < 4.78 is 107. The van der Waals surface area contributed by atoms with Crippen molar-refractivity contribution in [3.8, 4) is 28.7 Å². The summed E-state index contributed by atoms with van der Waals surface area (Å²) >= 11 is 0.331. The van der Waals surface area contributed by atoms with E-state index in [0.717, 1.165) is 24.7 Å². The van der Waals surface area contributed by atoms with E-state index >= 15 is 0 Å². The maximum absolute atomic E-state index is 14.9. The molecular weight excluding hydrogens is 996 g/mol. The molecule has 0 radical (unpaired) electrons. The van der Waals surface area contributed by atoms with Crippen molar-refractivity contribution in [1.29, 1.82) is 5.41 Å².